The molecule has 0 radical (unpaired) electrons. The molecule has 4 nitrogen and oxygen atoms in total. The Morgan fingerprint density at radius 2 is 1.77 bits per heavy atom. The summed E-state index contributed by atoms with van der Waals surface area (Å²) in [6, 6.07) is 17.0. The lowest BCUT2D eigenvalue weighted by atomic mass is 9.96. The summed E-state index contributed by atoms with van der Waals surface area (Å²) >= 11 is 0. The number of nitrogens with one attached hydrogen (secondary N) is 1. The van der Waals surface area contributed by atoms with E-state index in [1.165, 1.54) is 11.1 Å². The molecular weight excluding hydrogens is 524 g/mol. The van der Waals surface area contributed by atoms with Gasteiger partial charge in [-0.25, -0.2) is 0 Å². The summed E-state index contributed by atoms with van der Waals surface area (Å²) in [6.45, 7) is 15.5. The summed E-state index contributed by atoms with van der Waals surface area (Å²) < 4.78 is 2.33. The fourth-order valence-electron chi connectivity index (χ4n) is 5.32. The van der Waals surface area contributed by atoms with Gasteiger partial charge in [0.15, 0.2) is 0 Å². The second-order valence-corrected chi connectivity index (χ2v) is 10.3. The summed E-state index contributed by atoms with van der Waals surface area (Å²) in [5.74, 6) is 0. The Balaban J connectivity index is 1.89. The lowest BCUT2D eigenvalue weighted by Gasteiger charge is -2.18. The monoisotopic (exact) mass is 566 g/mol. The predicted octanol–water partition coefficient (Wildman–Crippen LogP) is 8.68. The normalized spacial score (nSPS) is 14.3. The first-order chi connectivity index (χ1) is 21.0. The first kappa shape index (κ1) is 30.7. The first-order valence-electron chi connectivity index (χ1n) is 14.6. The molecule has 1 aliphatic rings. The lowest BCUT2D eigenvalue weighted by molar-refractivity contribution is 0.995. The van der Waals surface area contributed by atoms with Crippen molar-refractivity contribution in [3.63, 3.8) is 0 Å². The van der Waals surface area contributed by atoms with Gasteiger partial charge in [0, 0.05) is 29.7 Å². The van der Waals surface area contributed by atoms with Gasteiger partial charge in [-0.3, -0.25) is 0 Å². The van der Waals surface area contributed by atoms with Crippen molar-refractivity contribution in [1.29, 1.82) is 0 Å². The van der Waals surface area contributed by atoms with Crippen molar-refractivity contribution < 1.29 is 0 Å². The molecule has 0 aliphatic carbocycles. The van der Waals surface area contributed by atoms with E-state index in [0.717, 1.165) is 62.7 Å². The molecule has 0 fully saturated rings. The van der Waals surface area contributed by atoms with Crippen molar-refractivity contribution in [2.24, 2.45) is 11.5 Å². The van der Waals surface area contributed by atoms with Crippen LogP contribution in [0.1, 0.15) is 41.3 Å². The number of aromatic nitrogens is 1. The average Bonchev–Trinajstić information content (AvgIpc) is 3.30. The molecule has 0 spiro atoms. The van der Waals surface area contributed by atoms with Crippen LogP contribution in [0, 0.1) is 13.8 Å². The minimum Gasteiger partial charge on any atom is -0.404 e. The molecule has 5 N–H and O–H groups in total. The van der Waals surface area contributed by atoms with Crippen molar-refractivity contribution in [2.75, 3.05) is 6.54 Å². The second-order valence-electron chi connectivity index (χ2n) is 10.3. The molecular formula is C39H42N4. The molecule has 0 saturated heterocycles. The third kappa shape index (κ3) is 6.82. The number of dihydropyridines is 1. The molecule has 0 bridgehead atoms. The molecule has 1 aliphatic heterocycles. The third-order valence-electron chi connectivity index (χ3n) is 7.70. The molecule has 1 aromatic heterocycles. The number of hydrogen-bond acceptors (Lipinski definition) is 3. The molecule has 3 aromatic rings. The molecule has 4 heteroatoms. The Bertz CT molecular complexity index is 1700. The van der Waals surface area contributed by atoms with Crippen LogP contribution in [0.25, 0.3) is 34.8 Å². The average molecular weight is 567 g/mol. The number of hydrogen-bond donors (Lipinski definition) is 3. The number of allylic oxidation sites excluding steroid dienone is 10. The van der Waals surface area contributed by atoms with Gasteiger partial charge >= 0.3 is 0 Å². The van der Waals surface area contributed by atoms with Gasteiger partial charge in [-0.15, -0.1) is 0 Å². The van der Waals surface area contributed by atoms with E-state index in [2.05, 4.69) is 110 Å². The molecule has 2 heterocycles. The van der Waals surface area contributed by atoms with Crippen LogP contribution in [0.3, 0.4) is 0 Å². The van der Waals surface area contributed by atoms with Crippen LogP contribution in [0.2, 0.25) is 0 Å². The number of rotatable bonds is 11. The number of benzene rings is 2. The van der Waals surface area contributed by atoms with Gasteiger partial charge in [-0.05, 0) is 103 Å². The minimum atomic E-state index is 0.703. The molecule has 0 atom stereocenters. The molecule has 4 rings (SSSR count). The maximum absolute atomic E-state index is 6.15. The highest BCUT2D eigenvalue weighted by Gasteiger charge is 2.21. The van der Waals surface area contributed by atoms with Crippen molar-refractivity contribution in [2.45, 2.75) is 27.2 Å². The molecule has 0 unspecified atom stereocenters. The van der Waals surface area contributed by atoms with Crippen LogP contribution >= 0.6 is 0 Å². The van der Waals surface area contributed by atoms with Crippen LogP contribution in [-0.2, 0) is 0 Å². The Hall–Kier alpha value is -5.22. The van der Waals surface area contributed by atoms with E-state index < -0.39 is 0 Å². The van der Waals surface area contributed by atoms with Gasteiger partial charge < -0.3 is 21.4 Å². The first-order valence-corrected chi connectivity index (χ1v) is 14.6. The van der Waals surface area contributed by atoms with Gasteiger partial charge in [0.05, 0.1) is 11.4 Å². The van der Waals surface area contributed by atoms with Gasteiger partial charge in [0.2, 0.25) is 0 Å². The van der Waals surface area contributed by atoms with E-state index in [1.54, 1.807) is 12.4 Å². The molecule has 2 aromatic carbocycles. The van der Waals surface area contributed by atoms with E-state index >= 15 is 0 Å². The van der Waals surface area contributed by atoms with Gasteiger partial charge in [0.1, 0.15) is 0 Å². The zero-order chi connectivity index (χ0) is 30.8. The van der Waals surface area contributed by atoms with Crippen molar-refractivity contribution in [1.82, 2.24) is 9.88 Å². The van der Waals surface area contributed by atoms with Crippen molar-refractivity contribution in [3.8, 4) is 16.9 Å². The Morgan fingerprint density at radius 1 is 0.977 bits per heavy atom. The van der Waals surface area contributed by atoms with Crippen LogP contribution in [-0.4, -0.2) is 11.1 Å². The Kier molecular flexibility index (Phi) is 10.4. The van der Waals surface area contributed by atoms with Gasteiger partial charge in [0.25, 0.3) is 0 Å². The highest BCUT2D eigenvalue weighted by atomic mass is 15.0. The summed E-state index contributed by atoms with van der Waals surface area (Å²) in [7, 11) is 0. The highest BCUT2D eigenvalue weighted by Crippen LogP contribution is 2.38. The van der Waals surface area contributed by atoms with E-state index in [1.807, 2.05) is 43.4 Å². The van der Waals surface area contributed by atoms with Gasteiger partial charge in [-0.1, -0.05) is 92.1 Å². The smallest absolute Gasteiger partial charge is 0.0572 e. The molecule has 0 saturated carbocycles. The zero-order valence-electron chi connectivity index (χ0n) is 25.5. The number of nitrogens with zero attached hydrogens (tertiary/aromatic N) is 1. The summed E-state index contributed by atoms with van der Waals surface area (Å²) in [4.78, 5) is 0. The Morgan fingerprint density at radius 3 is 2.40 bits per heavy atom. The van der Waals surface area contributed by atoms with E-state index in [4.69, 9.17) is 11.5 Å². The molecule has 0 amide bonds. The topological polar surface area (TPSA) is 69.0 Å². The largest absolute Gasteiger partial charge is 0.404 e. The van der Waals surface area contributed by atoms with Crippen LogP contribution < -0.4 is 16.8 Å². The fourth-order valence-corrected chi connectivity index (χ4v) is 5.32. The van der Waals surface area contributed by atoms with Crippen molar-refractivity contribution >= 4 is 17.8 Å². The number of para-hydroxylation sites is 1. The fraction of sp³-hybridized carbons (Fsp3) is 0.128. The van der Waals surface area contributed by atoms with E-state index in [9.17, 15) is 0 Å². The quantitative estimate of drug-likeness (QED) is 0.203. The van der Waals surface area contributed by atoms with E-state index in [-0.39, 0.29) is 0 Å². The zero-order valence-corrected chi connectivity index (χ0v) is 25.5. The van der Waals surface area contributed by atoms with Crippen LogP contribution in [0.5, 0.6) is 0 Å². The lowest BCUT2D eigenvalue weighted by Crippen LogP contribution is -2.14. The maximum Gasteiger partial charge on any atom is 0.0572 e. The third-order valence-corrected chi connectivity index (χ3v) is 7.70. The standard InChI is InChI=1S/C39H42N4/c1-6-15-30(26-40)16-14-17-34(27-41)31(7-2)25-38-28(4)29(5)39(43(38)35-18-10-9-11-19-35)36-22-21-33(24-32(36)8-3)37-20-12-13-23-42-37/h6-15,17-22,24-27,42H,2-3,16,23,40-41H2,1,4-5H3/b15-6-,17-14-,30-26+,31-25+,34-27+. The molecule has 218 valence electrons. The maximum atomic E-state index is 6.15. The summed E-state index contributed by atoms with van der Waals surface area (Å²) in [5.41, 5.74) is 24.9. The minimum absolute atomic E-state index is 0.703. The van der Waals surface area contributed by atoms with Crippen molar-refractivity contribution in [3.05, 3.63) is 167 Å². The number of nitrogens with two attached hydrogens (primary N) is 2. The van der Waals surface area contributed by atoms with Gasteiger partial charge in [-0.2, -0.15) is 0 Å². The predicted molar refractivity (Wildman–Crippen MR) is 187 cm³/mol. The SMILES string of the molecule is C=CC(=C\c1c(C)c(C)c(-c2ccc(C3=CC=CCN3)cc2C=C)n1-c1ccccc1)/C(/C=C\CC(/C=C\C)=C/N)=C/N. The highest BCUT2D eigenvalue weighted by molar-refractivity contribution is 5.83. The van der Waals surface area contributed by atoms with Crippen LogP contribution in [0.15, 0.2) is 139 Å². The summed E-state index contributed by atoms with van der Waals surface area (Å²) in [5, 5.41) is 3.47. The van der Waals surface area contributed by atoms with E-state index in [0.29, 0.717) is 6.42 Å². The second kappa shape index (κ2) is 14.6. The molecule has 43 heavy (non-hydrogen) atoms. The summed E-state index contributed by atoms with van der Waals surface area (Å²) in [6.07, 6.45) is 24.3. The Labute approximate surface area is 256 Å². The van der Waals surface area contributed by atoms with Crippen LogP contribution in [0.4, 0.5) is 0 Å².